The molecule has 0 radical (unpaired) electrons. The van der Waals surface area contributed by atoms with Crippen LogP contribution < -0.4 is 10.5 Å². The first-order valence-electron chi connectivity index (χ1n) is 11.3. The number of ether oxygens (including phenoxy) is 1. The predicted molar refractivity (Wildman–Crippen MR) is 130 cm³/mol. The average molecular weight is 527 g/mol. The fourth-order valence-corrected chi connectivity index (χ4v) is 3.57. The van der Waals surface area contributed by atoms with E-state index < -0.39 is 22.8 Å². The quantitative estimate of drug-likeness (QED) is 0.327. The summed E-state index contributed by atoms with van der Waals surface area (Å²) in [6.07, 6.45) is 1.76. The lowest BCUT2D eigenvalue weighted by molar-refractivity contribution is -0.152. The predicted octanol–water partition coefficient (Wildman–Crippen LogP) is 5.94. The monoisotopic (exact) mass is 526 g/mol. The Kier molecular flexibility index (Phi) is 10.2. The van der Waals surface area contributed by atoms with Crippen LogP contribution >= 0.6 is 11.8 Å². The SMILES string of the molecule is CC.CC(C)(Oc1ccc(CCCc2nn(Cc3ccc(SC(F)(F)F)cc3)c(=O)o2)cc1)C(=O)O. The molecular formula is C25H29F3N2O5S. The molecule has 0 aliphatic heterocycles. The Bertz CT molecular complexity index is 1170. The average Bonchev–Trinajstić information content (AvgIpc) is 3.15. The number of rotatable bonds is 10. The number of alkyl halides is 3. The lowest BCUT2D eigenvalue weighted by Gasteiger charge is -2.21. The van der Waals surface area contributed by atoms with Crippen LogP contribution in [0.2, 0.25) is 0 Å². The van der Waals surface area contributed by atoms with Gasteiger partial charge in [0.15, 0.2) is 5.60 Å². The minimum atomic E-state index is -4.35. The number of hydrogen-bond acceptors (Lipinski definition) is 6. The first-order chi connectivity index (χ1) is 16.9. The van der Waals surface area contributed by atoms with E-state index in [4.69, 9.17) is 14.3 Å². The van der Waals surface area contributed by atoms with E-state index in [2.05, 4.69) is 5.10 Å². The smallest absolute Gasteiger partial charge is 0.446 e. The minimum Gasteiger partial charge on any atom is -0.478 e. The highest BCUT2D eigenvalue weighted by atomic mass is 32.2. The highest BCUT2D eigenvalue weighted by Gasteiger charge is 2.29. The Morgan fingerprint density at radius 2 is 1.61 bits per heavy atom. The number of halogens is 3. The number of carbonyl (C=O) groups is 1. The second-order valence-electron chi connectivity index (χ2n) is 8.03. The van der Waals surface area contributed by atoms with E-state index >= 15 is 0 Å². The van der Waals surface area contributed by atoms with Crippen LogP contribution in [0.15, 0.2) is 62.6 Å². The van der Waals surface area contributed by atoms with Crippen LogP contribution in [0.5, 0.6) is 5.75 Å². The molecule has 1 aromatic heterocycles. The number of nitrogens with zero attached hydrogens (tertiary/aromatic N) is 2. The third-order valence-electron chi connectivity index (χ3n) is 4.80. The van der Waals surface area contributed by atoms with Gasteiger partial charge in [-0.25, -0.2) is 9.59 Å². The highest BCUT2D eigenvalue weighted by Crippen LogP contribution is 2.36. The molecular weight excluding hydrogens is 497 g/mol. The van der Waals surface area contributed by atoms with Crippen LogP contribution in [0.1, 0.15) is 51.1 Å². The number of aromatic nitrogens is 2. The molecule has 0 aliphatic carbocycles. The number of benzene rings is 2. The van der Waals surface area contributed by atoms with Gasteiger partial charge in [-0.3, -0.25) is 0 Å². The highest BCUT2D eigenvalue weighted by molar-refractivity contribution is 8.00. The van der Waals surface area contributed by atoms with Gasteiger partial charge in [-0.1, -0.05) is 38.1 Å². The Balaban J connectivity index is 0.00000222. The van der Waals surface area contributed by atoms with Crippen LogP contribution in [-0.2, 0) is 24.2 Å². The Morgan fingerprint density at radius 1 is 1.03 bits per heavy atom. The van der Waals surface area contributed by atoms with Crippen LogP contribution in [0.25, 0.3) is 0 Å². The summed E-state index contributed by atoms with van der Waals surface area (Å²) >= 11 is -0.199. The molecule has 1 N–H and O–H groups in total. The zero-order valence-electron chi connectivity index (χ0n) is 20.5. The van der Waals surface area contributed by atoms with Crippen molar-refractivity contribution in [3.63, 3.8) is 0 Å². The lowest BCUT2D eigenvalue weighted by Crippen LogP contribution is -2.37. The zero-order valence-corrected chi connectivity index (χ0v) is 21.3. The van der Waals surface area contributed by atoms with E-state index in [0.29, 0.717) is 30.6 Å². The molecule has 0 aliphatic rings. The largest absolute Gasteiger partial charge is 0.478 e. The molecule has 0 unspecified atom stereocenters. The van der Waals surface area contributed by atoms with E-state index in [1.807, 2.05) is 26.0 Å². The van der Waals surface area contributed by atoms with Crippen molar-refractivity contribution in [3.8, 4) is 5.75 Å². The van der Waals surface area contributed by atoms with Gasteiger partial charge in [-0.15, -0.1) is 5.10 Å². The summed E-state index contributed by atoms with van der Waals surface area (Å²) in [5.74, 6) is -0.968. The Labute approximate surface area is 211 Å². The standard InChI is InChI=1S/C23H23F3N2O5S.C2H6/c1-22(2,20(29)30)33-17-10-6-15(7-11-17)4-3-5-19-27-28(21(31)32-19)14-16-8-12-18(13-9-16)34-23(24,25)26;1-2/h6-13H,3-5,14H2,1-2H3,(H,29,30);1-2H3. The van der Waals surface area contributed by atoms with Crippen molar-refractivity contribution in [3.05, 3.63) is 76.1 Å². The molecule has 36 heavy (non-hydrogen) atoms. The molecule has 196 valence electrons. The first kappa shape index (κ1) is 29.0. The van der Waals surface area contributed by atoms with Crippen molar-refractivity contribution in [2.75, 3.05) is 0 Å². The zero-order chi connectivity index (χ0) is 26.9. The van der Waals surface area contributed by atoms with Crippen molar-refractivity contribution in [1.82, 2.24) is 9.78 Å². The number of aliphatic carboxylic acids is 1. The third kappa shape index (κ3) is 9.10. The van der Waals surface area contributed by atoms with Gasteiger partial charge in [-0.2, -0.15) is 17.9 Å². The van der Waals surface area contributed by atoms with Gasteiger partial charge in [0.25, 0.3) is 0 Å². The molecule has 0 saturated carbocycles. The van der Waals surface area contributed by atoms with Gasteiger partial charge in [0, 0.05) is 11.3 Å². The molecule has 2 aromatic carbocycles. The molecule has 7 nitrogen and oxygen atoms in total. The van der Waals surface area contributed by atoms with E-state index in [0.717, 1.165) is 10.2 Å². The maximum atomic E-state index is 12.4. The molecule has 0 saturated heterocycles. The third-order valence-corrected chi connectivity index (χ3v) is 5.54. The molecule has 1 heterocycles. The second kappa shape index (κ2) is 12.7. The number of thioether (sulfide) groups is 1. The summed E-state index contributed by atoms with van der Waals surface area (Å²) in [6.45, 7) is 7.03. The molecule has 0 spiro atoms. The summed E-state index contributed by atoms with van der Waals surface area (Å²) < 4.78 is 49.1. The normalized spacial score (nSPS) is 11.5. The number of carboxylic acids is 1. The Hall–Kier alpha value is -3.21. The molecule has 0 fully saturated rings. The topological polar surface area (TPSA) is 94.6 Å². The first-order valence-corrected chi connectivity index (χ1v) is 12.2. The summed E-state index contributed by atoms with van der Waals surface area (Å²) in [4.78, 5) is 23.3. The molecule has 3 rings (SSSR count). The summed E-state index contributed by atoms with van der Waals surface area (Å²) in [5, 5.41) is 13.3. The second-order valence-corrected chi connectivity index (χ2v) is 9.16. The van der Waals surface area contributed by atoms with Crippen molar-refractivity contribution in [2.24, 2.45) is 0 Å². The van der Waals surface area contributed by atoms with Gasteiger partial charge in [-0.05, 0) is 73.8 Å². The number of carboxylic acid groups (broad SMARTS) is 1. The van der Waals surface area contributed by atoms with Crippen molar-refractivity contribution in [2.45, 2.75) is 69.5 Å². The Morgan fingerprint density at radius 3 is 2.17 bits per heavy atom. The number of hydrogen-bond donors (Lipinski definition) is 1. The van der Waals surface area contributed by atoms with Crippen molar-refractivity contribution < 1.29 is 32.2 Å². The van der Waals surface area contributed by atoms with E-state index in [9.17, 15) is 22.8 Å². The van der Waals surface area contributed by atoms with Gasteiger partial charge in [0.1, 0.15) is 5.75 Å². The van der Waals surface area contributed by atoms with Gasteiger partial charge in [0.05, 0.1) is 6.54 Å². The fourth-order valence-electron chi connectivity index (χ4n) is 3.03. The molecule has 3 aromatic rings. The van der Waals surface area contributed by atoms with Gasteiger partial charge < -0.3 is 14.3 Å². The van der Waals surface area contributed by atoms with E-state index in [1.165, 1.54) is 38.1 Å². The molecule has 0 bridgehead atoms. The van der Waals surface area contributed by atoms with Crippen LogP contribution in [0, 0.1) is 0 Å². The number of aryl methyl sites for hydroxylation is 2. The molecule has 11 heteroatoms. The van der Waals surface area contributed by atoms with E-state index in [1.54, 1.807) is 12.1 Å². The van der Waals surface area contributed by atoms with Gasteiger partial charge in [0.2, 0.25) is 5.89 Å². The maximum Gasteiger partial charge on any atom is 0.446 e. The van der Waals surface area contributed by atoms with Crippen molar-refractivity contribution >= 4 is 17.7 Å². The van der Waals surface area contributed by atoms with Crippen LogP contribution in [0.3, 0.4) is 0 Å². The van der Waals surface area contributed by atoms with Crippen LogP contribution in [-0.4, -0.2) is 32.0 Å². The van der Waals surface area contributed by atoms with E-state index in [-0.39, 0.29) is 29.1 Å². The molecule has 0 atom stereocenters. The van der Waals surface area contributed by atoms with Crippen LogP contribution in [0.4, 0.5) is 13.2 Å². The summed E-state index contributed by atoms with van der Waals surface area (Å²) in [7, 11) is 0. The summed E-state index contributed by atoms with van der Waals surface area (Å²) in [6, 6.07) is 12.8. The van der Waals surface area contributed by atoms with Gasteiger partial charge >= 0.3 is 17.2 Å². The summed E-state index contributed by atoms with van der Waals surface area (Å²) in [5.41, 5.74) is -4.06. The maximum absolute atomic E-state index is 12.4. The van der Waals surface area contributed by atoms with Crippen molar-refractivity contribution in [1.29, 1.82) is 0 Å². The minimum absolute atomic E-state index is 0.0645. The fraction of sp³-hybridized carbons (Fsp3) is 0.400. The molecule has 0 amide bonds. The lowest BCUT2D eigenvalue weighted by atomic mass is 10.1.